The third-order valence-electron chi connectivity index (χ3n) is 4.13. The van der Waals surface area contributed by atoms with Crippen molar-refractivity contribution in [2.75, 3.05) is 13.2 Å². The smallest absolute Gasteiger partial charge is 0.220 e. The van der Waals surface area contributed by atoms with Crippen molar-refractivity contribution in [3.05, 3.63) is 41.9 Å². The Morgan fingerprint density at radius 3 is 3.00 bits per heavy atom. The maximum absolute atomic E-state index is 13.7. The maximum Gasteiger partial charge on any atom is 0.220 e. The summed E-state index contributed by atoms with van der Waals surface area (Å²) < 4.78 is 37.6. The minimum atomic E-state index is -0.713. The Morgan fingerprint density at radius 2 is 2.24 bits per heavy atom. The molecule has 0 radical (unpaired) electrons. The molecule has 0 saturated carbocycles. The Morgan fingerprint density at radius 1 is 1.36 bits per heavy atom. The zero-order valence-corrected chi connectivity index (χ0v) is 13.8. The summed E-state index contributed by atoms with van der Waals surface area (Å²) in [6.07, 6.45) is 5.13. The van der Waals surface area contributed by atoms with Crippen molar-refractivity contribution < 1.29 is 22.7 Å². The largest absolute Gasteiger partial charge is 0.441 e. The average Bonchev–Trinajstić information content (AvgIpc) is 3.25. The highest BCUT2D eigenvalue weighted by Gasteiger charge is 2.16. The van der Waals surface area contributed by atoms with E-state index >= 15 is 0 Å². The lowest BCUT2D eigenvalue weighted by Gasteiger charge is -2.09. The van der Waals surface area contributed by atoms with Gasteiger partial charge in [-0.05, 0) is 31.4 Å². The van der Waals surface area contributed by atoms with Crippen molar-refractivity contribution in [2.45, 2.75) is 38.2 Å². The summed E-state index contributed by atoms with van der Waals surface area (Å²) >= 11 is 0. The predicted molar refractivity (Wildman–Crippen MR) is 86.8 cm³/mol. The molecule has 5 nitrogen and oxygen atoms in total. The van der Waals surface area contributed by atoms with E-state index in [1.165, 1.54) is 12.3 Å². The van der Waals surface area contributed by atoms with Crippen LogP contribution in [0.3, 0.4) is 0 Å². The van der Waals surface area contributed by atoms with Gasteiger partial charge in [-0.2, -0.15) is 0 Å². The molecule has 1 aromatic heterocycles. The number of benzene rings is 1. The third kappa shape index (κ3) is 4.85. The zero-order valence-electron chi connectivity index (χ0n) is 13.8. The highest BCUT2D eigenvalue weighted by atomic mass is 19.1. The van der Waals surface area contributed by atoms with Crippen LogP contribution >= 0.6 is 0 Å². The molecule has 1 N–H and O–H groups in total. The second-order valence-corrected chi connectivity index (χ2v) is 6.02. The van der Waals surface area contributed by atoms with Crippen LogP contribution in [0.25, 0.3) is 11.3 Å². The van der Waals surface area contributed by atoms with E-state index in [-0.39, 0.29) is 29.8 Å². The SMILES string of the molecule is O=C(CCc1ncc(-c2ccc(F)cc2F)o1)NCCC1CCCO1. The summed E-state index contributed by atoms with van der Waals surface area (Å²) in [7, 11) is 0. The molecule has 2 heterocycles. The van der Waals surface area contributed by atoms with E-state index in [4.69, 9.17) is 9.15 Å². The van der Waals surface area contributed by atoms with Crippen molar-refractivity contribution in [3.8, 4) is 11.3 Å². The molecule has 2 aromatic rings. The van der Waals surface area contributed by atoms with Crippen LogP contribution in [0.2, 0.25) is 0 Å². The number of nitrogens with zero attached hydrogens (tertiary/aromatic N) is 1. The van der Waals surface area contributed by atoms with Gasteiger partial charge in [-0.25, -0.2) is 13.8 Å². The Labute approximate surface area is 144 Å². The van der Waals surface area contributed by atoms with Gasteiger partial charge in [0.2, 0.25) is 5.91 Å². The lowest BCUT2D eigenvalue weighted by atomic mass is 10.2. The number of hydrogen-bond donors (Lipinski definition) is 1. The highest BCUT2D eigenvalue weighted by molar-refractivity contribution is 5.76. The number of aromatic nitrogens is 1. The van der Waals surface area contributed by atoms with Crippen molar-refractivity contribution in [1.29, 1.82) is 0 Å². The number of hydrogen-bond acceptors (Lipinski definition) is 4. The maximum atomic E-state index is 13.7. The normalized spacial score (nSPS) is 17.0. The van der Waals surface area contributed by atoms with E-state index in [0.717, 1.165) is 38.0 Å². The molecule has 1 aromatic carbocycles. The second-order valence-electron chi connectivity index (χ2n) is 6.02. The number of ether oxygens (including phenoxy) is 1. The van der Waals surface area contributed by atoms with E-state index < -0.39 is 11.6 Å². The van der Waals surface area contributed by atoms with Gasteiger partial charge in [0.25, 0.3) is 0 Å². The average molecular weight is 350 g/mol. The molecule has 3 rings (SSSR count). The number of carbonyl (C=O) groups excluding carboxylic acids is 1. The number of halogens is 2. The predicted octanol–water partition coefficient (Wildman–Crippen LogP) is 3.24. The lowest BCUT2D eigenvalue weighted by molar-refractivity contribution is -0.121. The summed E-state index contributed by atoms with van der Waals surface area (Å²) in [4.78, 5) is 15.9. The Hall–Kier alpha value is -2.28. The van der Waals surface area contributed by atoms with Gasteiger partial charge < -0.3 is 14.5 Å². The fourth-order valence-corrected chi connectivity index (χ4v) is 2.79. The summed E-state index contributed by atoms with van der Waals surface area (Å²) in [5.41, 5.74) is 0.140. The van der Waals surface area contributed by atoms with Gasteiger partial charge in [0, 0.05) is 32.1 Å². The summed E-state index contributed by atoms with van der Waals surface area (Å²) in [6, 6.07) is 3.24. The molecule has 1 aliphatic heterocycles. The minimum absolute atomic E-state index is 0.0919. The zero-order chi connectivity index (χ0) is 17.6. The number of nitrogens with one attached hydrogen (secondary N) is 1. The van der Waals surface area contributed by atoms with Crippen LogP contribution in [0.5, 0.6) is 0 Å². The Bertz CT molecular complexity index is 727. The van der Waals surface area contributed by atoms with Crippen molar-refractivity contribution in [3.63, 3.8) is 0 Å². The molecule has 25 heavy (non-hydrogen) atoms. The quantitative estimate of drug-likeness (QED) is 0.833. The van der Waals surface area contributed by atoms with Gasteiger partial charge >= 0.3 is 0 Å². The number of carbonyl (C=O) groups is 1. The first-order valence-electron chi connectivity index (χ1n) is 8.40. The Balaban J connectivity index is 1.45. The first-order valence-corrected chi connectivity index (χ1v) is 8.40. The van der Waals surface area contributed by atoms with E-state index in [0.29, 0.717) is 18.9 Å². The van der Waals surface area contributed by atoms with E-state index in [1.807, 2.05) is 0 Å². The van der Waals surface area contributed by atoms with Gasteiger partial charge in [-0.3, -0.25) is 4.79 Å². The summed E-state index contributed by atoms with van der Waals surface area (Å²) in [5, 5.41) is 2.84. The molecule has 0 bridgehead atoms. The van der Waals surface area contributed by atoms with Crippen molar-refractivity contribution >= 4 is 5.91 Å². The fourth-order valence-electron chi connectivity index (χ4n) is 2.79. The van der Waals surface area contributed by atoms with Crippen LogP contribution in [-0.4, -0.2) is 30.1 Å². The third-order valence-corrected chi connectivity index (χ3v) is 4.13. The molecule has 1 unspecified atom stereocenters. The second kappa shape index (κ2) is 8.20. The molecule has 1 fully saturated rings. The van der Waals surface area contributed by atoms with Crippen LogP contribution in [0.1, 0.15) is 31.6 Å². The molecular weight excluding hydrogens is 330 g/mol. The highest BCUT2D eigenvalue weighted by Crippen LogP contribution is 2.24. The first kappa shape index (κ1) is 17.5. The topological polar surface area (TPSA) is 64.4 Å². The van der Waals surface area contributed by atoms with Crippen LogP contribution < -0.4 is 5.32 Å². The van der Waals surface area contributed by atoms with Gasteiger partial charge in [0.15, 0.2) is 11.7 Å². The van der Waals surface area contributed by atoms with Gasteiger partial charge in [-0.15, -0.1) is 0 Å². The lowest BCUT2D eigenvalue weighted by Crippen LogP contribution is -2.27. The van der Waals surface area contributed by atoms with Crippen LogP contribution in [-0.2, 0) is 16.0 Å². The molecule has 1 aliphatic rings. The van der Waals surface area contributed by atoms with E-state index in [2.05, 4.69) is 10.3 Å². The number of aryl methyl sites for hydroxylation is 1. The number of oxazole rings is 1. The molecule has 0 spiro atoms. The van der Waals surface area contributed by atoms with Gasteiger partial charge in [-0.1, -0.05) is 0 Å². The van der Waals surface area contributed by atoms with Crippen LogP contribution in [0.4, 0.5) is 8.78 Å². The van der Waals surface area contributed by atoms with Crippen LogP contribution in [0.15, 0.2) is 28.8 Å². The minimum Gasteiger partial charge on any atom is -0.441 e. The molecule has 1 saturated heterocycles. The van der Waals surface area contributed by atoms with Crippen molar-refractivity contribution in [2.24, 2.45) is 0 Å². The molecule has 7 heteroatoms. The van der Waals surface area contributed by atoms with E-state index in [1.54, 1.807) is 0 Å². The van der Waals surface area contributed by atoms with Crippen molar-refractivity contribution in [1.82, 2.24) is 10.3 Å². The van der Waals surface area contributed by atoms with Gasteiger partial charge in [0.1, 0.15) is 11.6 Å². The summed E-state index contributed by atoms with van der Waals surface area (Å²) in [5.74, 6) is -0.903. The molecule has 1 amide bonds. The van der Waals surface area contributed by atoms with Gasteiger partial charge in [0.05, 0.1) is 17.9 Å². The molecular formula is C18H20F2N2O3. The summed E-state index contributed by atoms with van der Waals surface area (Å²) in [6.45, 7) is 1.39. The van der Waals surface area contributed by atoms with E-state index in [9.17, 15) is 13.6 Å². The fraction of sp³-hybridized carbons (Fsp3) is 0.444. The Kier molecular flexibility index (Phi) is 5.75. The number of rotatable bonds is 7. The standard InChI is InChI=1S/C18H20F2N2O3/c19-12-3-4-14(15(20)10-12)16-11-22-18(25-16)6-5-17(23)21-8-7-13-2-1-9-24-13/h3-4,10-11,13H,1-2,5-9H2,(H,21,23). The molecule has 1 atom stereocenters. The van der Waals surface area contributed by atoms with Crippen LogP contribution in [0, 0.1) is 11.6 Å². The number of amides is 1. The first-order chi connectivity index (χ1) is 12.1. The monoisotopic (exact) mass is 350 g/mol. The molecule has 0 aliphatic carbocycles. The molecule has 134 valence electrons.